The van der Waals surface area contributed by atoms with Crippen LogP contribution in [0.3, 0.4) is 0 Å². The van der Waals surface area contributed by atoms with Crippen molar-refractivity contribution in [3.8, 4) is 0 Å². The van der Waals surface area contributed by atoms with Crippen molar-refractivity contribution >= 4 is 5.97 Å². The van der Waals surface area contributed by atoms with E-state index in [1.54, 1.807) is 12.1 Å². The van der Waals surface area contributed by atoms with E-state index in [2.05, 4.69) is 5.32 Å². The number of carbonyl (C=O) groups is 1. The van der Waals surface area contributed by atoms with Gasteiger partial charge in [0.15, 0.2) is 0 Å². The van der Waals surface area contributed by atoms with Crippen LogP contribution in [0.15, 0.2) is 30.3 Å². The molecule has 3 heteroatoms. The van der Waals surface area contributed by atoms with Crippen molar-refractivity contribution < 1.29 is 9.53 Å². The molecule has 1 aliphatic rings. The van der Waals surface area contributed by atoms with E-state index in [0.717, 1.165) is 13.0 Å². The van der Waals surface area contributed by atoms with Crippen LogP contribution in [0.25, 0.3) is 0 Å². The Labute approximate surface area is 89.4 Å². The molecule has 0 radical (unpaired) electrons. The summed E-state index contributed by atoms with van der Waals surface area (Å²) < 4.78 is 5.41. The molecule has 80 valence electrons. The summed E-state index contributed by atoms with van der Waals surface area (Å²) in [4.78, 5) is 11.7. The van der Waals surface area contributed by atoms with E-state index in [9.17, 15) is 4.79 Å². The summed E-state index contributed by atoms with van der Waals surface area (Å²) in [7, 11) is 0. The highest BCUT2D eigenvalue weighted by molar-refractivity contribution is 5.89. The van der Waals surface area contributed by atoms with Gasteiger partial charge in [-0.25, -0.2) is 4.79 Å². The van der Waals surface area contributed by atoms with E-state index >= 15 is 0 Å². The normalized spacial score (nSPS) is 25.1. The van der Waals surface area contributed by atoms with Crippen molar-refractivity contribution in [1.82, 2.24) is 5.32 Å². The Hall–Kier alpha value is -1.35. The van der Waals surface area contributed by atoms with Crippen molar-refractivity contribution in [3.63, 3.8) is 0 Å². The van der Waals surface area contributed by atoms with Gasteiger partial charge < -0.3 is 10.1 Å². The molecule has 0 aliphatic carbocycles. The Balaban J connectivity index is 1.98. The van der Waals surface area contributed by atoms with Gasteiger partial charge in [-0.05, 0) is 32.0 Å². The molecule has 3 nitrogen and oxygen atoms in total. The molecule has 1 aromatic rings. The second-order valence-corrected chi connectivity index (χ2v) is 3.84. The molecule has 1 heterocycles. The highest BCUT2D eigenvalue weighted by Crippen LogP contribution is 2.13. The molecule has 0 aromatic heterocycles. The zero-order valence-electron chi connectivity index (χ0n) is 8.77. The van der Waals surface area contributed by atoms with Crippen LogP contribution >= 0.6 is 0 Å². The van der Waals surface area contributed by atoms with Crippen molar-refractivity contribution in [2.45, 2.75) is 25.5 Å². The first-order chi connectivity index (χ1) is 7.27. The van der Waals surface area contributed by atoms with Crippen LogP contribution in [0.5, 0.6) is 0 Å². The van der Waals surface area contributed by atoms with Crippen LogP contribution in [0.1, 0.15) is 23.7 Å². The lowest BCUT2D eigenvalue weighted by Crippen LogP contribution is -2.30. The number of rotatable bonds is 2. The Kier molecular flexibility index (Phi) is 3.02. The number of hydrogen-bond donors (Lipinski definition) is 1. The third-order valence-electron chi connectivity index (χ3n) is 2.72. The van der Waals surface area contributed by atoms with E-state index in [0.29, 0.717) is 5.56 Å². The van der Waals surface area contributed by atoms with Crippen molar-refractivity contribution in [1.29, 1.82) is 0 Å². The van der Waals surface area contributed by atoms with Crippen LogP contribution in [0, 0.1) is 0 Å². The van der Waals surface area contributed by atoms with Crippen molar-refractivity contribution in [2.75, 3.05) is 6.54 Å². The molecule has 2 atom stereocenters. The van der Waals surface area contributed by atoms with Gasteiger partial charge in [-0.15, -0.1) is 0 Å². The number of esters is 1. The summed E-state index contributed by atoms with van der Waals surface area (Å²) in [5, 5.41) is 3.25. The molecular formula is C12H15NO2. The monoisotopic (exact) mass is 205 g/mol. The summed E-state index contributed by atoms with van der Waals surface area (Å²) >= 11 is 0. The van der Waals surface area contributed by atoms with Crippen LogP contribution in [-0.2, 0) is 4.74 Å². The number of ether oxygens (including phenoxy) is 1. The van der Waals surface area contributed by atoms with Gasteiger partial charge >= 0.3 is 5.97 Å². The molecule has 1 aliphatic heterocycles. The molecule has 0 saturated carbocycles. The zero-order chi connectivity index (χ0) is 10.7. The molecule has 1 aromatic carbocycles. The van der Waals surface area contributed by atoms with Crippen LogP contribution in [-0.4, -0.2) is 24.7 Å². The van der Waals surface area contributed by atoms with Crippen LogP contribution in [0.2, 0.25) is 0 Å². The molecule has 0 unspecified atom stereocenters. The maximum absolute atomic E-state index is 11.7. The highest BCUT2D eigenvalue weighted by Gasteiger charge is 2.26. The first kappa shape index (κ1) is 10.2. The quantitative estimate of drug-likeness (QED) is 0.745. The summed E-state index contributed by atoms with van der Waals surface area (Å²) in [5.74, 6) is -0.226. The smallest absolute Gasteiger partial charge is 0.338 e. The molecule has 1 saturated heterocycles. The Bertz CT molecular complexity index is 337. The third-order valence-corrected chi connectivity index (χ3v) is 2.72. The average molecular weight is 205 g/mol. The lowest BCUT2D eigenvalue weighted by molar-refractivity contribution is 0.0286. The highest BCUT2D eigenvalue weighted by atomic mass is 16.5. The van der Waals surface area contributed by atoms with E-state index < -0.39 is 0 Å². The predicted molar refractivity (Wildman–Crippen MR) is 57.7 cm³/mol. The minimum Gasteiger partial charge on any atom is -0.457 e. The van der Waals surface area contributed by atoms with Gasteiger partial charge in [0.25, 0.3) is 0 Å². The molecule has 2 rings (SSSR count). The number of carbonyl (C=O) groups excluding carboxylic acids is 1. The number of hydrogen-bond acceptors (Lipinski definition) is 3. The fourth-order valence-electron chi connectivity index (χ4n) is 1.78. The van der Waals surface area contributed by atoms with Crippen LogP contribution < -0.4 is 5.32 Å². The van der Waals surface area contributed by atoms with Gasteiger partial charge in [0.05, 0.1) is 5.56 Å². The van der Waals surface area contributed by atoms with Gasteiger partial charge in [-0.1, -0.05) is 18.2 Å². The number of nitrogens with one attached hydrogen (secondary N) is 1. The van der Waals surface area contributed by atoms with Gasteiger partial charge in [-0.3, -0.25) is 0 Å². The van der Waals surface area contributed by atoms with Gasteiger partial charge in [0, 0.05) is 6.04 Å². The Morgan fingerprint density at radius 2 is 2.13 bits per heavy atom. The van der Waals surface area contributed by atoms with E-state index in [1.165, 1.54) is 0 Å². The van der Waals surface area contributed by atoms with E-state index in [-0.39, 0.29) is 18.1 Å². The summed E-state index contributed by atoms with van der Waals surface area (Å²) in [5.41, 5.74) is 0.622. The maximum Gasteiger partial charge on any atom is 0.338 e. The topological polar surface area (TPSA) is 38.3 Å². The summed E-state index contributed by atoms with van der Waals surface area (Å²) in [6, 6.07) is 9.37. The second kappa shape index (κ2) is 4.45. The van der Waals surface area contributed by atoms with E-state index in [1.807, 2.05) is 25.1 Å². The minimum atomic E-state index is -0.226. The fraction of sp³-hybridized carbons (Fsp3) is 0.417. The predicted octanol–water partition coefficient (Wildman–Crippen LogP) is 1.59. The van der Waals surface area contributed by atoms with Gasteiger partial charge in [0.2, 0.25) is 0 Å². The minimum absolute atomic E-state index is 0.0118. The molecule has 0 bridgehead atoms. The van der Waals surface area contributed by atoms with Gasteiger partial charge in [-0.2, -0.15) is 0 Å². The molecule has 1 fully saturated rings. The average Bonchev–Trinajstić information content (AvgIpc) is 2.66. The Morgan fingerprint density at radius 3 is 2.73 bits per heavy atom. The summed E-state index contributed by atoms with van der Waals surface area (Å²) in [6.07, 6.45) is 0.914. The zero-order valence-corrected chi connectivity index (χ0v) is 8.77. The molecule has 0 amide bonds. The fourth-order valence-corrected chi connectivity index (χ4v) is 1.78. The summed E-state index contributed by atoms with van der Waals surface area (Å²) in [6.45, 7) is 2.96. The lowest BCUT2D eigenvalue weighted by Gasteiger charge is -2.15. The van der Waals surface area contributed by atoms with Crippen LogP contribution in [0.4, 0.5) is 0 Å². The first-order valence-electron chi connectivity index (χ1n) is 5.27. The second-order valence-electron chi connectivity index (χ2n) is 3.84. The SMILES string of the molecule is C[C@@H]1NCC[C@H]1OC(=O)c1ccccc1. The largest absolute Gasteiger partial charge is 0.457 e. The van der Waals surface area contributed by atoms with Crippen molar-refractivity contribution in [2.24, 2.45) is 0 Å². The molecule has 0 spiro atoms. The standard InChI is InChI=1S/C12H15NO2/c1-9-11(7-8-13-9)15-12(14)10-5-3-2-4-6-10/h2-6,9,11,13H,7-8H2,1H3/t9-,11+/m0/s1. The van der Waals surface area contributed by atoms with Crippen molar-refractivity contribution in [3.05, 3.63) is 35.9 Å². The molecule has 15 heavy (non-hydrogen) atoms. The third kappa shape index (κ3) is 2.36. The first-order valence-corrected chi connectivity index (χ1v) is 5.27. The molecule has 1 N–H and O–H groups in total. The molecular weight excluding hydrogens is 190 g/mol. The van der Waals surface area contributed by atoms with E-state index in [4.69, 9.17) is 4.74 Å². The lowest BCUT2D eigenvalue weighted by atomic mass is 10.2. The number of benzene rings is 1. The maximum atomic E-state index is 11.7. The van der Waals surface area contributed by atoms with Gasteiger partial charge in [0.1, 0.15) is 6.10 Å². The Morgan fingerprint density at radius 1 is 1.40 bits per heavy atom.